The highest BCUT2D eigenvalue weighted by atomic mass is 16.5. The summed E-state index contributed by atoms with van der Waals surface area (Å²) in [6.45, 7) is 10.3. The number of carbonyl (C=O) groups is 2. The van der Waals surface area contributed by atoms with E-state index in [4.69, 9.17) is 19.2 Å². The molecular formula is C39H44N2O5. The van der Waals surface area contributed by atoms with Crippen LogP contribution in [-0.2, 0) is 22.4 Å². The zero-order valence-electron chi connectivity index (χ0n) is 27.3. The lowest BCUT2D eigenvalue weighted by Crippen LogP contribution is -2.15. The number of amides is 1. The van der Waals surface area contributed by atoms with Crippen molar-refractivity contribution in [3.63, 3.8) is 0 Å². The van der Waals surface area contributed by atoms with E-state index in [0.29, 0.717) is 25.3 Å². The summed E-state index contributed by atoms with van der Waals surface area (Å²) in [5, 5.41) is 11.6. The highest BCUT2D eigenvalue weighted by Crippen LogP contribution is 2.27. The normalized spacial score (nSPS) is 10.8. The molecule has 1 heterocycles. The first-order chi connectivity index (χ1) is 22.3. The molecule has 7 nitrogen and oxygen atoms in total. The molecule has 2 N–H and O–H groups in total. The number of aryl methyl sites for hydroxylation is 3. The maximum atomic E-state index is 10.8. The minimum atomic E-state index is -0.788. The molecule has 0 aliphatic heterocycles. The van der Waals surface area contributed by atoms with Gasteiger partial charge in [-0.05, 0) is 79.3 Å². The van der Waals surface area contributed by atoms with E-state index in [1.165, 1.54) is 0 Å². The Balaban J connectivity index is 0.000000373. The number of aliphatic carboxylic acids is 1. The Bertz CT molecular complexity index is 1650. The summed E-state index contributed by atoms with van der Waals surface area (Å²) >= 11 is 0. The molecule has 1 unspecified atom stereocenters. The largest absolute Gasteiger partial charge is 0.493 e. The third kappa shape index (κ3) is 10.8. The molecule has 4 aromatic carbocycles. The van der Waals surface area contributed by atoms with Crippen LogP contribution < -0.4 is 10.1 Å². The molecule has 0 spiro atoms. The van der Waals surface area contributed by atoms with Crippen molar-refractivity contribution in [2.45, 2.75) is 59.9 Å². The first-order valence-corrected chi connectivity index (χ1v) is 15.6. The first-order valence-electron chi connectivity index (χ1n) is 15.6. The predicted octanol–water partition coefficient (Wildman–Crippen LogP) is 8.78. The third-order valence-electron chi connectivity index (χ3n) is 7.26. The van der Waals surface area contributed by atoms with Crippen molar-refractivity contribution in [2.75, 3.05) is 6.61 Å². The van der Waals surface area contributed by atoms with Gasteiger partial charge in [0.2, 0.25) is 12.3 Å². The highest BCUT2D eigenvalue weighted by molar-refractivity contribution is 5.70. The van der Waals surface area contributed by atoms with Gasteiger partial charge in [-0.2, -0.15) is 0 Å². The van der Waals surface area contributed by atoms with E-state index >= 15 is 0 Å². The summed E-state index contributed by atoms with van der Waals surface area (Å²) in [5.41, 5.74) is 7.28. The van der Waals surface area contributed by atoms with Crippen molar-refractivity contribution < 1.29 is 23.8 Å². The maximum Gasteiger partial charge on any atom is 0.303 e. The van der Waals surface area contributed by atoms with E-state index < -0.39 is 5.97 Å². The van der Waals surface area contributed by atoms with Crippen molar-refractivity contribution in [1.29, 1.82) is 0 Å². The molecule has 0 fully saturated rings. The molecular weight excluding hydrogens is 576 g/mol. The van der Waals surface area contributed by atoms with Crippen molar-refractivity contribution in [3.8, 4) is 28.3 Å². The van der Waals surface area contributed by atoms with E-state index in [1.807, 2.05) is 113 Å². The number of hydrogen-bond acceptors (Lipinski definition) is 5. The summed E-state index contributed by atoms with van der Waals surface area (Å²) in [6.07, 6.45) is 2.00. The van der Waals surface area contributed by atoms with Gasteiger partial charge in [-0.3, -0.25) is 9.59 Å². The maximum absolute atomic E-state index is 10.8. The number of hydrogen-bond donors (Lipinski definition) is 2. The second-order valence-electron chi connectivity index (χ2n) is 10.5. The monoisotopic (exact) mass is 620 g/mol. The molecule has 5 aromatic rings. The molecule has 1 aromatic heterocycles. The van der Waals surface area contributed by atoms with Crippen LogP contribution in [-0.4, -0.2) is 29.1 Å². The number of ether oxygens (including phenoxy) is 1. The Kier molecular flexibility index (Phi) is 14.3. The lowest BCUT2D eigenvalue weighted by molar-refractivity contribution is -0.137. The minimum Gasteiger partial charge on any atom is -0.493 e. The first kappa shape index (κ1) is 35.3. The van der Waals surface area contributed by atoms with Crippen LogP contribution in [0.5, 0.6) is 5.75 Å². The number of carboxylic acid groups (broad SMARTS) is 1. The van der Waals surface area contributed by atoms with E-state index in [1.54, 1.807) is 0 Å². The molecule has 1 atom stereocenters. The van der Waals surface area contributed by atoms with Gasteiger partial charge in [0.05, 0.1) is 18.3 Å². The zero-order chi connectivity index (χ0) is 33.3. The number of carbonyl (C=O) groups excluding carboxylic acids is 1. The van der Waals surface area contributed by atoms with E-state index in [-0.39, 0.29) is 12.5 Å². The molecule has 46 heavy (non-hydrogen) atoms. The average molecular weight is 621 g/mol. The van der Waals surface area contributed by atoms with Gasteiger partial charge >= 0.3 is 5.97 Å². The average Bonchev–Trinajstić information content (AvgIpc) is 3.46. The predicted molar refractivity (Wildman–Crippen MR) is 184 cm³/mol. The van der Waals surface area contributed by atoms with Gasteiger partial charge in [0.15, 0.2) is 0 Å². The zero-order valence-corrected chi connectivity index (χ0v) is 27.3. The SMILES string of the molecule is CC.CC(NC=O)c1ccccc1.Cc1cc(OCCc2nc(-c3cccc(-c4ccccc4)c3)oc2C)ccc1CCC(=O)O. The quantitative estimate of drug-likeness (QED) is 0.135. The fourth-order valence-electron chi connectivity index (χ4n) is 4.73. The lowest BCUT2D eigenvalue weighted by Gasteiger charge is -2.09. The van der Waals surface area contributed by atoms with Crippen molar-refractivity contribution >= 4 is 12.4 Å². The molecule has 0 saturated carbocycles. The van der Waals surface area contributed by atoms with E-state index in [9.17, 15) is 9.59 Å². The molecule has 5 rings (SSSR count). The number of benzene rings is 4. The smallest absolute Gasteiger partial charge is 0.303 e. The van der Waals surface area contributed by atoms with Gasteiger partial charge in [0.25, 0.3) is 0 Å². The second kappa shape index (κ2) is 18.6. The molecule has 0 aliphatic carbocycles. The van der Waals surface area contributed by atoms with Crippen molar-refractivity contribution in [2.24, 2.45) is 0 Å². The number of oxazole rings is 1. The standard InChI is InChI=1S/C28H27NO4.C9H11NO.C2H6/c1-19-17-25(13-11-21(19)12-14-27(30)31)32-16-15-26-20(2)33-28(29-26)24-10-6-9-23(18-24)22-7-4-3-5-8-22;1-8(10-7-11)9-5-3-2-4-6-9;1-2/h3-11,13,17-18H,12,14-16H2,1-2H3,(H,30,31);2-8H,1H3,(H,10,11);1-2H3. The Labute approximate surface area is 272 Å². The minimum absolute atomic E-state index is 0.105. The Hall–Kier alpha value is -5.17. The fourth-order valence-corrected chi connectivity index (χ4v) is 4.73. The molecule has 0 aliphatic rings. The Morgan fingerprint density at radius 2 is 1.52 bits per heavy atom. The van der Waals surface area contributed by atoms with Crippen molar-refractivity contribution in [1.82, 2.24) is 10.3 Å². The number of carboxylic acids is 1. The van der Waals surface area contributed by atoms with Crippen LogP contribution >= 0.6 is 0 Å². The summed E-state index contributed by atoms with van der Waals surface area (Å²) in [6, 6.07) is 34.2. The number of rotatable bonds is 12. The van der Waals surface area contributed by atoms with Gasteiger partial charge in [0, 0.05) is 18.4 Å². The van der Waals surface area contributed by atoms with Gasteiger partial charge in [-0.15, -0.1) is 0 Å². The van der Waals surface area contributed by atoms with Crippen LogP contribution in [0.25, 0.3) is 22.6 Å². The van der Waals surface area contributed by atoms with Crippen LogP contribution in [0.4, 0.5) is 0 Å². The highest BCUT2D eigenvalue weighted by Gasteiger charge is 2.13. The summed E-state index contributed by atoms with van der Waals surface area (Å²) < 4.78 is 11.9. The Morgan fingerprint density at radius 3 is 2.17 bits per heavy atom. The third-order valence-corrected chi connectivity index (χ3v) is 7.26. The van der Waals surface area contributed by atoms with Crippen LogP contribution in [0, 0.1) is 13.8 Å². The summed E-state index contributed by atoms with van der Waals surface area (Å²) in [7, 11) is 0. The topological polar surface area (TPSA) is 102 Å². The molecule has 0 saturated heterocycles. The van der Waals surface area contributed by atoms with Gasteiger partial charge in [0.1, 0.15) is 11.5 Å². The summed E-state index contributed by atoms with van der Waals surface area (Å²) in [4.78, 5) is 25.6. The number of aromatic nitrogens is 1. The van der Waals surface area contributed by atoms with Crippen LogP contribution in [0.15, 0.2) is 108 Å². The molecule has 0 bridgehead atoms. The molecule has 7 heteroatoms. The second-order valence-corrected chi connectivity index (χ2v) is 10.5. The van der Waals surface area contributed by atoms with Crippen LogP contribution in [0.2, 0.25) is 0 Å². The van der Waals surface area contributed by atoms with Crippen LogP contribution in [0.3, 0.4) is 0 Å². The number of nitrogens with zero attached hydrogens (tertiary/aromatic N) is 1. The summed E-state index contributed by atoms with van der Waals surface area (Å²) in [5.74, 6) is 1.38. The lowest BCUT2D eigenvalue weighted by atomic mass is 10.0. The molecule has 240 valence electrons. The van der Waals surface area contributed by atoms with Crippen LogP contribution in [0.1, 0.15) is 61.4 Å². The number of nitrogens with one attached hydrogen (secondary N) is 1. The molecule has 0 radical (unpaired) electrons. The van der Waals surface area contributed by atoms with E-state index in [2.05, 4.69) is 29.6 Å². The van der Waals surface area contributed by atoms with Crippen molar-refractivity contribution in [3.05, 3.63) is 131 Å². The van der Waals surface area contributed by atoms with E-state index in [0.717, 1.165) is 57.0 Å². The van der Waals surface area contributed by atoms with Gasteiger partial charge in [-0.1, -0.05) is 92.7 Å². The fraction of sp³-hybridized carbons (Fsp3) is 0.256. The Morgan fingerprint density at radius 1 is 0.870 bits per heavy atom. The van der Waals surface area contributed by atoms with Gasteiger partial charge in [-0.25, -0.2) is 4.98 Å². The van der Waals surface area contributed by atoms with Gasteiger partial charge < -0.3 is 19.6 Å². The molecule has 1 amide bonds.